The zero-order valence-electron chi connectivity index (χ0n) is 8.63. The average Bonchev–Trinajstić information content (AvgIpc) is 2.08. The Labute approximate surface area is 142 Å². The van der Waals surface area contributed by atoms with Gasteiger partial charge in [0.05, 0.1) is 0 Å². The predicted molar refractivity (Wildman–Crippen MR) is 69.6 cm³/mol. The monoisotopic (exact) mass is 248 g/mol. The molecule has 0 fully saturated rings. The van der Waals surface area contributed by atoms with Crippen molar-refractivity contribution in [1.29, 1.82) is 0 Å². The summed E-state index contributed by atoms with van der Waals surface area (Å²) < 4.78 is 0. The molecular formula is C10H22N2Na2O2. The summed E-state index contributed by atoms with van der Waals surface area (Å²) in [7, 11) is 0. The summed E-state index contributed by atoms with van der Waals surface area (Å²) in [5.74, 6) is -0.447. The molecule has 0 bridgehead atoms. The fourth-order valence-electron chi connectivity index (χ4n) is 1.31. The fraction of sp³-hybridized carbons (Fsp3) is 0.800. The molecule has 16 heavy (non-hydrogen) atoms. The molecular weight excluding hydrogens is 226 g/mol. The van der Waals surface area contributed by atoms with E-state index in [2.05, 4.69) is 0 Å². The van der Waals surface area contributed by atoms with Crippen LogP contribution < -0.4 is 11.5 Å². The second kappa shape index (κ2) is 15.9. The zero-order valence-corrected chi connectivity index (χ0v) is 8.63. The summed E-state index contributed by atoms with van der Waals surface area (Å²) >= 11 is 0. The van der Waals surface area contributed by atoms with E-state index in [1.807, 2.05) is 0 Å². The summed E-state index contributed by atoms with van der Waals surface area (Å²) in [5.41, 5.74) is 10.00. The van der Waals surface area contributed by atoms with Crippen molar-refractivity contribution in [3.05, 3.63) is 0 Å². The molecule has 0 aromatic carbocycles. The van der Waals surface area contributed by atoms with Crippen LogP contribution >= 0.6 is 0 Å². The van der Waals surface area contributed by atoms with Crippen molar-refractivity contribution in [3.8, 4) is 0 Å². The van der Waals surface area contributed by atoms with Gasteiger partial charge in [-0.15, -0.1) is 0 Å². The van der Waals surface area contributed by atoms with E-state index in [4.69, 9.17) is 11.5 Å². The first-order valence-electron chi connectivity index (χ1n) is 5.19. The number of nitrogens with two attached hydrogens (primary N) is 2. The molecule has 4 N–H and O–H groups in total. The first-order chi connectivity index (χ1) is 6.63. The van der Waals surface area contributed by atoms with E-state index in [1.54, 1.807) is 0 Å². The second-order valence-electron chi connectivity index (χ2n) is 3.55. The Hall–Kier alpha value is 0.940. The minimum absolute atomic E-state index is 0. The molecule has 0 aliphatic carbocycles. The molecule has 0 unspecified atom stereocenters. The zero-order chi connectivity index (χ0) is 10.8. The van der Waals surface area contributed by atoms with E-state index in [-0.39, 0.29) is 70.9 Å². The third-order valence-corrected chi connectivity index (χ3v) is 2.10. The van der Waals surface area contributed by atoms with Crippen molar-refractivity contribution in [1.82, 2.24) is 0 Å². The van der Waals surface area contributed by atoms with Gasteiger partial charge in [0.2, 0.25) is 11.8 Å². The number of carbonyl (C=O) groups excluding carboxylic acids is 2. The molecule has 0 aliphatic rings. The van der Waals surface area contributed by atoms with Gasteiger partial charge in [-0.25, -0.2) is 0 Å². The van der Waals surface area contributed by atoms with Gasteiger partial charge in [-0.3, -0.25) is 9.59 Å². The van der Waals surface area contributed by atoms with Gasteiger partial charge < -0.3 is 11.5 Å². The van der Waals surface area contributed by atoms with Gasteiger partial charge in [-0.1, -0.05) is 25.7 Å². The van der Waals surface area contributed by atoms with Crippen LogP contribution in [-0.4, -0.2) is 70.9 Å². The summed E-state index contributed by atoms with van der Waals surface area (Å²) in [6.45, 7) is 0. The summed E-state index contributed by atoms with van der Waals surface area (Å²) in [6, 6.07) is 0. The average molecular weight is 248 g/mol. The van der Waals surface area contributed by atoms with E-state index in [1.165, 1.54) is 0 Å². The van der Waals surface area contributed by atoms with Crippen LogP contribution in [-0.2, 0) is 9.59 Å². The van der Waals surface area contributed by atoms with Gasteiger partial charge in [-0.05, 0) is 12.8 Å². The first kappa shape index (κ1) is 22.1. The number of unbranched alkanes of at least 4 members (excludes halogenated alkanes) is 5. The molecule has 0 aromatic rings. The molecule has 0 aromatic heterocycles. The third kappa shape index (κ3) is 20.4. The van der Waals surface area contributed by atoms with Crippen LogP contribution in [0, 0.1) is 0 Å². The van der Waals surface area contributed by atoms with Gasteiger partial charge in [0.15, 0.2) is 0 Å². The van der Waals surface area contributed by atoms with E-state index >= 15 is 0 Å². The molecule has 0 rings (SSSR count). The van der Waals surface area contributed by atoms with Gasteiger partial charge >= 0.3 is 59.1 Å². The van der Waals surface area contributed by atoms with Crippen molar-refractivity contribution in [2.45, 2.75) is 51.4 Å². The number of hydrogen-bond acceptors (Lipinski definition) is 2. The van der Waals surface area contributed by atoms with Crippen molar-refractivity contribution in [2.75, 3.05) is 0 Å². The van der Waals surface area contributed by atoms with Gasteiger partial charge in [0.1, 0.15) is 0 Å². The van der Waals surface area contributed by atoms with Crippen LogP contribution in [0.15, 0.2) is 0 Å². The molecule has 0 atom stereocenters. The maximum absolute atomic E-state index is 10.4. The number of amides is 2. The van der Waals surface area contributed by atoms with Crippen molar-refractivity contribution < 1.29 is 9.59 Å². The quantitative estimate of drug-likeness (QED) is 0.436. The number of rotatable bonds is 9. The van der Waals surface area contributed by atoms with Crippen LogP contribution in [0.1, 0.15) is 51.4 Å². The topological polar surface area (TPSA) is 86.2 Å². The molecule has 0 aliphatic heterocycles. The predicted octanol–water partition coefficient (Wildman–Crippen LogP) is -0.219. The molecule has 0 saturated heterocycles. The molecule has 0 spiro atoms. The standard InChI is InChI=1S/C10H20N2O2.2Na.2H/c11-9(13)7-5-3-1-2-4-6-8-10(12)14;;;;/h1-8H2,(H2,11,13)(H2,12,14);;;;. The maximum atomic E-state index is 10.4. The number of hydrogen-bond donors (Lipinski definition) is 2. The third-order valence-electron chi connectivity index (χ3n) is 2.10. The molecule has 0 heterocycles. The Kier molecular flexibility index (Phi) is 22.1. The molecule has 4 nitrogen and oxygen atoms in total. The fourth-order valence-corrected chi connectivity index (χ4v) is 1.31. The first-order valence-corrected chi connectivity index (χ1v) is 5.19. The van der Waals surface area contributed by atoms with Crippen molar-refractivity contribution in [2.24, 2.45) is 11.5 Å². The molecule has 2 amide bonds. The Bertz CT molecular complexity index is 170. The Morgan fingerprint density at radius 1 is 0.625 bits per heavy atom. The second-order valence-corrected chi connectivity index (χ2v) is 3.55. The molecule has 6 heteroatoms. The van der Waals surface area contributed by atoms with Crippen molar-refractivity contribution >= 4 is 70.9 Å². The Morgan fingerprint density at radius 3 is 1.12 bits per heavy atom. The SMILES string of the molecule is NC(=O)CCCCCCCCC(N)=O.[NaH].[NaH]. The number of carbonyl (C=O) groups is 2. The molecule has 0 saturated carbocycles. The number of primary amides is 2. The minimum atomic E-state index is -0.223. The van der Waals surface area contributed by atoms with E-state index in [0.717, 1.165) is 38.5 Å². The summed E-state index contributed by atoms with van der Waals surface area (Å²) in [4.78, 5) is 20.8. The molecule has 86 valence electrons. The summed E-state index contributed by atoms with van der Waals surface area (Å²) in [5, 5.41) is 0. The van der Waals surface area contributed by atoms with E-state index in [0.29, 0.717) is 12.8 Å². The van der Waals surface area contributed by atoms with Crippen molar-refractivity contribution in [3.63, 3.8) is 0 Å². The van der Waals surface area contributed by atoms with Gasteiger partial charge in [0, 0.05) is 12.8 Å². The van der Waals surface area contributed by atoms with E-state index < -0.39 is 0 Å². The van der Waals surface area contributed by atoms with Crippen LogP contribution in [0.25, 0.3) is 0 Å². The van der Waals surface area contributed by atoms with Gasteiger partial charge in [0.25, 0.3) is 0 Å². The van der Waals surface area contributed by atoms with Crippen LogP contribution in [0.4, 0.5) is 0 Å². The Morgan fingerprint density at radius 2 is 0.875 bits per heavy atom. The van der Waals surface area contributed by atoms with Gasteiger partial charge in [-0.2, -0.15) is 0 Å². The van der Waals surface area contributed by atoms with E-state index in [9.17, 15) is 9.59 Å². The normalized spacial score (nSPS) is 8.75. The van der Waals surface area contributed by atoms with Crippen LogP contribution in [0.2, 0.25) is 0 Å². The summed E-state index contributed by atoms with van der Waals surface area (Å²) in [6.07, 6.45) is 7.02. The molecule has 0 radical (unpaired) electrons. The Balaban J connectivity index is -0.000000845. The van der Waals surface area contributed by atoms with Crippen LogP contribution in [0.3, 0.4) is 0 Å². The van der Waals surface area contributed by atoms with Crippen LogP contribution in [0.5, 0.6) is 0 Å².